The van der Waals surface area contributed by atoms with Gasteiger partial charge in [0.25, 0.3) is 0 Å². The Balaban J connectivity index is 2.07. The molecule has 0 fully saturated rings. The van der Waals surface area contributed by atoms with Crippen LogP contribution in [0.3, 0.4) is 0 Å². The van der Waals surface area contributed by atoms with Gasteiger partial charge in [0, 0.05) is 31.0 Å². The predicted octanol–water partition coefficient (Wildman–Crippen LogP) is 3.78. The molecule has 0 aromatic heterocycles. The average molecular weight is 358 g/mol. The minimum absolute atomic E-state index is 0.328. The van der Waals surface area contributed by atoms with Crippen LogP contribution < -0.4 is 20.1 Å². The number of rotatable bonds is 8. The number of carbonyl (C=O) groups is 1. The molecule has 0 saturated heterocycles. The van der Waals surface area contributed by atoms with Gasteiger partial charge in [-0.2, -0.15) is 0 Å². The van der Waals surface area contributed by atoms with E-state index in [4.69, 9.17) is 14.2 Å². The summed E-state index contributed by atoms with van der Waals surface area (Å²) >= 11 is 0. The van der Waals surface area contributed by atoms with E-state index in [1.165, 1.54) is 0 Å². The lowest BCUT2D eigenvalue weighted by Crippen LogP contribution is -2.43. The highest BCUT2D eigenvalue weighted by Gasteiger charge is 2.30. The second-order valence-corrected chi connectivity index (χ2v) is 5.83. The number of methoxy groups -OCH3 is 3. The maximum absolute atomic E-state index is 12.4. The molecule has 0 aliphatic heterocycles. The van der Waals surface area contributed by atoms with E-state index < -0.39 is 5.60 Å². The van der Waals surface area contributed by atoms with Crippen LogP contribution in [0.15, 0.2) is 48.5 Å². The Morgan fingerprint density at radius 1 is 1.00 bits per heavy atom. The maximum atomic E-state index is 12.4. The van der Waals surface area contributed by atoms with Crippen LogP contribution in [0.2, 0.25) is 0 Å². The Hall–Kier alpha value is -2.73. The Labute approximate surface area is 154 Å². The van der Waals surface area contributed by atoms with E-state index in [2.05, 4.69) is 10.6 Å². The molecule has 2 aromatic carbocycles. The summed E-state index contributed by atoms with van der Waals surface area (Å²) in [5.74, 6) is 1.20. The SMILES string of the molecule is CCC(CNC(=O)Nc1cc(OC)cc(OC)c1)(OC)c1ccccc1. The molecule has 6 heteroatoms. The molecule has 1 atom stereocenters. The molecule has 2 aromatic rings. The van der Waals surface area contributed by atoms with Crippen LogP contribution in [0, 0.1) is 0 Å². The number of nitrogens with one attached hydrogen (secondary N) is 2. The molecule has 1 unspecified atom stereocenters. The van der Waals surface area contributed by atoms with Gasteiger partial charge in [0.1, 0.15) is 17.1 Å². The molecule has 2 N–H and O–H groups in total. The van der Waals surface area contributed by atoms with Crippen molar-refractivity contribution in [1.29, 1.82) is 0 Å². The number of benzene rings is 2. The van der Waals surface area contributed by atoms with Crippen molar-refractivity contribution in [2.75, 3.05) is 33.2 Å². The van der Waals surface area contributed by atoms with Gasteiger partial charge in [0.2, 0.25) is 0 Å². The topological polar surface area (TPSA) is 68.8 Å². The van der Waals surface area contributed by atoms with Crippen molar-refractivity contribution in [1.82, 2.24) is 5.32 Å². The summed E-state index contributed by atoms with van der Waals surface area (Å²) < 4.78 is 16.2. The minimum Gasteiger partial charge on any atom is -0.497 e. The van der Waals surface area contributed by atoms with Crippen LogP contribution in [0.5, 0.6) is 11.5 Å². The number of hydrogen-bond donors (Lipinski definition) is 2. The first-order valence-electron chi connectivity index (χ1n) is 8.45. The minimum atomic E-state index is -0.579. The lowest BCUT2D eigenvalue weighted by Gasteiger charge is -2.32. The van der Waals surface area contributed by atoms with Gasteiger partial charge in [-0.15, -0.1) is 0 Å². The van der Waals surface area contributed by atoms with E-state index in [1.54, 1.807) is 39.5 Å². The summed E-state index contributed by atoms with van der Waals surface area (Å²) in [5, 5.41) is 5.69. The van der Waals surface area contributed by atoms with Crippen molar-refractivity contribution in [3.8, 4) is 11.5 Å². The summed E-state index contributed by atoms with van der Waals surface area (Å²) in [7, 11) is 4.78. The zero-order valence-electron chi connectivity index (χ0n) is 15.7. The molecule has 0 radical (unpaired) electrons. The van der Waals surface area contributed by atoms with E-state index in [0.717, 1.165) is 12.0 Å². The smallest absolute Gasteiger partial charge is 0.319 e. The molecular formula is C20H26N2O4. The van der Waals surface area contributed by atoms with Crippen LogP contribution in [0.1, 0.15) is 18.9 Å². The highest BCUT2D eigenvalue weighted by atomic mass is 16.5. The molecule has 0 aliphatic rings. The van der Waals surface area contributed by atoms with Crippen LogP contribution in [0.4, 0.5) is 10.5 Å². The van der Waals surface area contributed by atoms with Crippen molar-refractivity contribution in [2.24, 2.45) is 0 Å². The number of amides is 2. The highest BCUT2D eigenvalue weighted by Crippen LogP contribution is 2.28. The Bertz CT molecular complexity index is 693. The van der Waals surface area contributed by atoms with Crippen LogP contribution in [0.25, 0.3) is 0 Å². The van der Waals surface area contributed by atoms with Crippen molar-refractivity contribution in [2.45, 2.75) is 18.9 Å². The largest absolute Gasteiger partial charge is 0.497 e. The predicted molar refractivity (Wildman–Crippen MR) is 102 cm³/mol. The molecule has 0 spiro atoms. The number of urea groups is 1. The summed E-state index contributed by atoms with van der Waals surface area (Å²) in [4.78, 5) is 12.4. The molecule has 0 bridgehead atoms. The van der Waals surface area contributed by atoms with Gasteiger partial charge in [-0.1, -0.05) is 37.3 Å². The monoisotopic (exact) mass is 358 g/mol. The average Bonchev–Trinajstić information content (AvgIpc) is 2.69. The zero-order chi connectivity index (χ0) is 19.0. The van der Waals surface area contributed by atoms with Gasteiger partial charge in [-0.3, -0.25) is 0 Å². The van der Waals surface area contributed by atoms with Gasteiger partial charge >= 0.3 is 6.03 Å². The number of carbonyl (C=O) groups excluding carboxylic acids is 1. The first-order chi connectivity index (χ1) is 12.6. The zero-order valence-corrected chi connectivity index (χ0v) is 15.7. The van der Waals surface area contributed by atoms with Gasteiger partial charge in [-0.25, -0.2) is 4.79 Å². The third kappa shape index (κ3) is 4.67. The molecule has 0 aliphatic carbocycles. The quantitative estimate of drug-likeness (QED) is 0.753. The summed E-state index contributed by atoms with van der Waals surface area (Å²) in [5.41, 5.74) is 1.02. The van der Waals surface area contributed by atoms with Crippen LogP contribution in [-0.2, 0) is 10.3 Å². The van der Waals surface area contributed by atoms with Crippen molar-refractivity contribution in [3.63, 3.8) is 0 Å². The fourth-order valence-corrected chi connectivity index (χ4v) is 2.79. The third-order valence-electron chi connectivity index (χ3n) is 4.41. The van der Waals surface area contributed by atoms with Crippen molar-refractivity contribution in [3.05, 3.63) is 54.1 Å². The second-order valence-electron chi connectivity index (χ2n) is 5.83. The fourth-order valence-electron chi connectivity index (χ4n) is 2.79. The van der Waals surface area contributed by atoms with Gasteiger partial charge in [-0.05, 0) is 12.0 Å². The van der Waals surface area contributed by atoms with E-state index in [0.29, 0.717) is 23.7 Å². The fraction of sp³-hybridized carbons (Fsp3) is 0.350. The Morgan fingerprint density at radius 2 is 1.62 bits per heavy atom. The maximum Gasteiger partial charge on any atom is 0.319 e. The van der Waals surface area contributed by atoms with E-state index >= 15 is 0 Å². The normalized spacial score (nSPS) is 12.8. The molecule has 26 heavy (non-hydrogen) atoms. The van der Waals surface area contributed by atoms with Crippen molar-refractivity contribution < 1.29 is 19.0 Å². The first-order valence-corrected chi connectivity index (χ1v) is 8.45. The van der Waals surface area contributed by atoms with E-state index in [1.807, 2.05) is 37.3 Å². The number of ether oxygens (including phenoxy) is 3. The summed E-state index contributed by atoms with van der Waals surface area (Å²) in [6.45, 7) is 2.37. The standard InChI is InChI=1S/C20H26N2O4/c1-5-20(26-4,15-9-7-6-8-10-15)14-21-19(23)22-16-11-17(24-2)13-18(12-16)25-3/h6-13H,5,14H2,1-4H3,(H2,21,22,23). The molecular weight excluding hydrogens is 332 g/mol. The molecule has 140 valence electrons. The van der Waals surface area contributed by atoms with Crippen LogP contribution in [-0.4, -0.2) is 33.9 Å². The molecule has 2 amide bonds. The number of hydrogen-bond acceptors (Lipinski definition) is 4. The van der Waals surface area contributed by atoms with Crippen LogP contribution >= 0.6 is 0 Å². The number of anilines is 1. The van der Waals surface area contributed by atoms with Gasteiger partial charge in [0.05, 0.1) is 20.8 Å². The Morgan fingerprint density at radius 3 is 2.12 bits per heavy atom. The van der Waals surface area contributed by atoms with Crippen molar-refractivity contribution >= 4 is 11.7 Å². The highest BCUT2D eigenvalue weighted by molar-refractivity contribution is 5.89. The second kappa shape index (κ2) is 9.10. The van der Waals surface area contributed by atoms with E-state index in [9.17, 15) is 4.79 Å². The molecule has 0 heterocycles. The first kappa shape index (κ1) is 19.6. The lowest BCUT2D eigenvalue weighted by atomic mass is 9.91. The molecule has 6 nitrogen and oxygen atoms in total. The summed E-state index contributed by atoms with van der Waals surface area (Å²) in [6, 6.07) is 14.7. The molecule has 2 rings (SSSR count). The Kier molecular flexibility index (Phi) is 6.86. The van der Waals surface area contributed by atoms with E-state index in [-0.39, 0.29) is 6.03 Å². The molecule has 0 saturated carbocycles. The lowest BCUT2D eigenvalue weighted by molar-refractivity contribution is -0.0149. The summed E-state index contributed by atoms with van der Waals surface area (Å²) in [6.07, 6.45) is 0.723. The van der Waals surface area contributed by atoms with Gasteiger partial charge < -0.3 is 24.8 Å². The third-order valence-corrected chi connectivity index (χ3v) is 4.41. The van der Waals surface area contributed by atoms with Gasteiger partial charge in [0.15, 0.2) is 0 Å².